The number of thioether (sulfide) groups is 1. The minimum Gasteiger partial charge on any atom is -0.444 e. The van der Waals surface area contributed by atoms with Crippen LogP contribution in [0.1, 0.15) is 5.69 Å². The van der Waals surface area contributed by atoms with E-state index in [-0.39, 0.29) is 5.91 Å². The predicted octanol–water partition coefficient (Wildman–Crippen LogP) is 2.02. The largest absolute Gasteiger partial charge is 0.444 e. The Hall–Kier alpha value is -1.83. The standard InChI is InChI=1S/C18H23N3O3S/c22-17(19-6-7-21-8-10-23-11-9-21)14-25-13-16-12-24-18(20-16)15-4-2-1-3-5-15/h1-5,12H,6-11,13-14H2,(H,19,22). The average molecular weight is 361 g/mol. The molecule has 1 aliphatic rings. The van der Waals surface area contributed by atoms with Crippen LogP contribution in [0, 0.1) is 0 Å². The highest BCUT2D eigenvalue weighted by atomic mass is 32.2. The lowest BCUT2D eigenvalue weighted by Crippen LogP contribution is -2.41. The molecule has 1 fully saturated rings. The van der Waals surface area contributed by atoms with Gasteiger partial charge in [-0.25, -0.2) is 4.98 Å². The molecule has 1 saturated heterocycles. The van der Waals surface area contributed by atoms with Crippen LogP contribution >= 0.6 is 11.8 Å². The Morgan fingerprint density at radius 3 is 2.84 bits per heavy atom. The second-order valence-corrected chi connectivity index (χ2v) is 6.79. The molecule has 0 spiro atoms. The van der Waals surface area contributed by atoms with Crippen molar-refractivity contribution in [3.63, 3.8) is 0 Å². The van der Waals surface area contributed by atoms with E-state index in [1.54, 1.807) is 18.0 Å². The molecule has 3 rings (SSSR count). The first kappa shape index (κ1) is 18.0. The van der Waals surface area contributed by atoms with E-state index in [2.05, 4.69) is 15.2 Å². The molecule has 1 aromatic carbocycles. The first-order valence-corrected chi connectivity index (χ1v) is 9.61. The first-order valence-electron chi connectivity index (χ1n) is 8.45. The Balaban J connectivity index is 1.32. The molecule has 1 amide bonds. The summed E-state index contributed by atoms with van der Waals surface area (Å²) in [6, 6.07) is 9.79. The number of nitrogens with zero attached hydrogens (tertiary/aromatic N) is 2. The quantitative estimate of drug-likeness (QED) is 0.776. The fraction of sp³-hybridized carbons (Fsp3) is 0.444. The molecule has 25 heavy (non-hydrogen) atoms. The lowest BCUT2D eigenvalue weighted by molar-refractivity contribution is -0.118. The zero-order chi connectivity index (χ0) is 17.3. The average Bonchev–Trinajstić information content (AvgIpc) is 3.12. The van der Waals surface area contributed by atoms with E-state index in [0.29, 0.717) is 23.9 Å². The van der Waals surface area contributed by atoms with E-state index in [9.17, 15) is 4.79 Å². The van der Waals surface area contributed by atoms with Crippen molar-refractivity contribution in [1.29, 1.82) is 0 Å². The molecule has 2 heterocycles. The topological polar surface area (TPSA) is 67.6 Å². The second kappa shape index (κ2) is 9.60. The molecule has 0 aliphatic carbocycles. The van der Waals surface area contributed by atoms with E-state index in [1.807, 2.05) is 30.3 Å². The van der Waals surface area contributed by atoms with Gasteiger partial charge in [0.05, 0.1) is 24.7 Å². The van der Waals surface area contributed by atoms with E-state index in [4.69, 9.17) is 9.15 Å². The monoisotopic (exact) mass is 361 g/mol. The summed E-state index contributed by atoms with van der Waals surface area (Å²) in [5.74, 6) is 1.76. The number of carbonyl (C=O) groups excluding carboxylic acids is 1. The minimum atomic E-state index is 0.0602. The van der Waals surface area contributed by atoms with Crippen molar-refractivity contribution in [3.05, 3.63) is 42.3 Å². The molecule has 6 nitrogen and oxygen atoms in total. The number of aromatic nitrogens is 1. The van der Waals surface area contributed by atoms with Crippen molar-refractivity contribution >= 4 is 17.7 Å². The van der Waals surface area contributed by atoms with Gasteiger partial charge in [-0.3, -0.25) is 9.69 Å². The molecule has 0 saturated carbocycles. The molecule has 0 bridgehead atoms. The summed E-state index contributed by atoms with van der Waals surface area (Å²) in [4.78, 5) is 18.6. The Kier molecular flexibility index (Phi) is 6.90. The van der Waals surface area contributed by atoms with E-state index >= 15 is 0 Å². The normalized spacial score (nSPS) is 15.2. The fourth-order valence-corrected chi connectivity index (χ4v) is 3.30. The van der Waals surface area contributed by atoms with Crippen molar-refractivity contribution in [3.8, 4) is 11.5 Å². The van der Waals surface area contributed by atoms with Crippen LogP contribution in [0.4, 0.5) is 0 Å². The van der Waals surface area contributed by atoms with Gasteiger partial charge in [-0.2, -0.15) is 0 Å². The molecule has 0 unspecified atom stereocenters. The number of benzene rings is 1. The number of morpholine rings is 1. The van der Waals surface area contributed by atoms with Crippen molar-refractivity contribution in [2.24, 2.45) is 0 Å². The summed E-state index contributed by atoms with van der Waals surface area (Å²) < 4.78 is 10.8. The summed E-state index contributed by atoms with van der Waals surface area (Å²) in [5.41, 5.74) is 1.81. The Labute approximate surface area is 151 Å². The number of hydrogen-bond acceptors (Lipinski definition) is 6. The van der Waals surface area contributed by atoms with Crippen molar-refractivity contribution in [2.75, 3.05) is 45.1 Å². The van der Waals surface area contributed by atoms with Crippen LogP contribution in [0.25, 0.3) is 11.5 Å². The van der Waals surface area contributed by atoms with Crippen LogP contribution in [-0.2, 0) is 15.3 Å². The number of rotatable bonds is 8. The molecule has 134 valence electrons. The van der Waals surface area contributed by atoms with E-state index in [1.165, 1.54) is 0 Å². The maximum Gasteiger partial charge on any atom is 0.230 e. The Bertz CT molecular complexity index is 657. The van der Waals surface area contributed by atoms with Crippen LogP contribution < -0.4 is 5.32 Å². The number of nitrogens with one attached hydrogen (secondary N) is 1. The SMILES string of the molecule is O=C(CSCc1coc(-c2ccccc2)n1)NCCN1CCOCC1. The molecule has 0 radical (unpaired) electrons. The van der Waals surface area contributed by atoms with Crippen molar-refractivity contribution < 1.29 is 13.9 Å². The third-order valence-corrected chi connectivity index (χ3v) is 4.88. The van der Waals surface area contributed by atoms with Gasteiger partial charge in [-0.05, 0) is 12.1 Å². The number of hydrogen-bond donors (Lipinski definition) is 1. The summed E-state index contributed by atoms with van der Waals surface area (Å²) >= 11 is 1.54. The van der Waals surface area contributed by atoms with Crippen LogP contribution in [0.5, 0.6) is 0 Å². The van der Waals surface area contributed by atoms with Crippen molar-refractivity contribution in [1.82, 2.24) is 15.2 Å². The molecule has 7 heteroatoms. The van der Waals surface area contributed by atoms with Gasteiger partial charge in [0, 0.05) is 37.5 Å². The molecular weight excluding hydrogens is 338 g/mol. The molecule has 1 aromatic heterocycles. The first-order chi connectivity index (χ1) is 12.3. The van der Waals surface area contributed by atoms with Crippen molar-refractivity contribution in [2.45, 2.75) is 5.75 Å². The van der Waals surface area contributed by atoms with Gasteiger partial charge in [-0.1, -0.05) is 18.2 Å². The predicted molar refractivity (Wildman–Crippen MR) is 98.4 cm³/mol. The smallest absolute Gasteiger partial charge is 0.230 e. The Morgan fingerprint density at radius 2 is 2.04 bits per heavy atom. The zero-order valence-corrected chi connectivity index (χ0v) is 15.0. The maximum absolute atomic E-state index is 11.9. The van der Waals surface area contributed by atoms with Gasteiger partial charge in [0.15, 0.2) is 0 Å². The summed E-state index contributed by atoms with van der Waals surface area (Å²) in [6.45, 7) is 5.02. The number of oxazole rings is 1. The van der Waals surface area contributed by atoms with Crippen LogP contribution in [-0.4, -0.2) is 60.9 Å². The Morgan fingerprint density at radius 1 is 1.24 bits per heavy atom. The van der Waals surface area contributed by atoms with Crippen LogP contribution in [0.2, 0.25) is 0 Å². The van der Waals surface area contributed by atoms with E-state index in [0.717, 1.165) is 44.1 Å². The van der Waals surface area contributed by atoms with Crippen LogP contribution in [0.15, 0.2) is 41.0 Å². The molecule has 2 aromatic rings. The van der Waals surface area contributed by atoms with Gasteiger partial charge in [-0.15, -0.1) is 11.8 Å². The zero-order valence-electron chi connectivity index (χ0n) is 14.1. The van der Waals surface area contributed by atoms with Gasteiger partial charge in [0.2, 0.25) is 11.8 Å². The third-order valence-electron chi connectivity index (χ3n) is 3.91. The van der Waals surface area contributed by atoms with E-state index < -0.39 is 0 Å². The summed E-state index contributed by atoms with van der Waals surface area (Å²) in [7, 11) is 0. The number of ether oxygens (including phenoxy) is 1. The van der Waals surface area contributed by atoms with Gasteiger partial charge < -0.3 is 14.5 Å². The van der Waals surface area contributed by atoms with Gasteiger partial charge in [0.25, 0.3) is 0 Å². The lowest BCUT2D eigenvalue weighted by Gasteiger charge is -2.26. The summed E-state index contributed by atoms with van der Waals surface area (Å²) in [5, 5.41) is 2.96. The van der Waals surface area contributed by atoms with Gasteiger partial charge in [0.1, 0.15) is 6.26 Å². The maximum atomic E-state index is 11.9. The molecular formula is C18H23N3O3S. The number of amides is 1. The lowest BCUT2D eigenvalue weighted by atomic mass is 10.2. The summed E-state index contributed by atoms with van der Waals surface area (Å²) in [6.07, 6.45) is 1.66. The molecule has 0 atom stereocenters. The highest BCUT2D eigenvalue weighted by molar-refractivity contribution is 7.99. The van der Waals surface area contributed by atoms with Crippen LogP contribution in [0.3, 0.4) is 0 Å². The third kappa shape index (κ3) is 5.88. The molecule has 1 N–H and O–H groups in total. The highest BCUT2D eigenvalue weighted by Crippen LogP contribution is 2.20. The highest BCUT2D eigenvalue weighted by Gasteiger charge is 2.11. The fourth-order valence-electron chi connectivity index (χ4n) is 2.56. The van der Waals surface area contributed by atoms with Gasteiger partial charge >= 0.3 is 0 Å². The number of carbonyl (C=O) groups is 1. The second-order valence-electron chi connectivity index (χ2n) is 5.81. The molecule has 1 aliphatic heterocycles. The minimum absolute atomic E-state index is 0.0602.